The average Bonchev–Trinajstić information content (AvgIpc) is 2.17. The lowest BCUT2D eigenvalue weighted by Crippen LogP contribution is -2.30. The number of hydrogen-bond donors (Lipinski definition) is 2. The molecule has 0 amide bonds. The Morgan fingerprint density at radius 1 is 1.30 bits per heavy atom. The molecule has 2 heteroatoms. The third-order valence-corrected chi connectivity index (χ3v) is 1.97. The smallest absolute Gasteiger partial charge is 0.165 e. The maximum atomic E-state index is 9.02. The second kappa shape index (κ2) is 3.94. The highest BCUT2D eigenvalue weighted by Gasteiger charge is 2.35. The van der Waals surface area contributed by atoms with Gasteiger partial charge in [-0.2, -0.15) is 0 Å². The van der Waals surface area contributed by atoms with Crippen molar-refractivity contribution in [1.82, 2.24) is 0 Å². The van der Waals surface area contributed by atoms with E-state index in [-0.39, 0.29) is 5.92 Å². The predicted octanol–water partition coefficient (Wildman–Crippen LogP) is 1.51. The fourth-order valence-electron chi connectivity index (χ4n) is 1.15. The molecule has 1 rings (SSSR count). The Morgan fingerprint density at radius 3 is 1.90 bits per heavy atom. The van der Waals surface area contributed by atoms with Gasteiger partial charge in [0.1, 0.15) is 0 Å². The first-order valence-electron chi connectivity index (χ1n) is 4.08. The molecule has 2 N–H and O–H groups in total. The summed E-state index contributed by atoms with van der Waals surface area (Å²) >= 11 is 0. The Balaban J connectivity index is 0.000000371. The Kier molecular flexibility index (Phi) is 3.91. The molecular formula is C8H18O2. The van der Waals surface area contributed by atoms with Crippen molar-refractivity contribution in [2.45, 2.75) is 45.8 Å². The fourth-order valence-corrected chi connectivity index (χ4v) is 1.15. The highest BCUT2D eigenvalue weighted by molar-refractivity contribution is 4.79. The molecule has 0 bridgehead atoms. The van der Waals surface area contributed by atoms with Gasteiger partial charge in [-0.05, 0) is 12.8 Å². The molecule has 0 heterocycles. The Morgan fingerprint density at radius 2 is 1.80 bits per heavy atom. The summed E-state index contributed by atoms with van der Waals surface area (Å²) in [5, 5.41) is 18.0. The molecule has 1 aliphatic carbocycles. The van der Waals surface area contributed by atoms with E-state index in [0.717, 1.165) is 12.8 Å². The average molecular weight is 146 g/mol. The molecule has 0 radical (unpaired) electrons. The van der Waals surface area contributed by atoms with Crippen LogP contribution in [0.1, 0.15) is 40.0 Å². The monoisotopic (exact) mass is 146 g/mol. The van der Waals surface area contributed by atoms with Crippen LogP contribution in [0.3, 0.4) is 0 Å². The largest absolute Gasteiger partial charge is 0.365 e. The molecule has 1 fully saturated rings. The minimum absolute atomic E-state index is 0.0718. The fraction of sp³-hybridized carbons (Fsp3) is 1.00. The van der Waals surface area contributed by atoms with Gasteiger partial charge < -0.3 is 10.2 Å². The van der Waals surface area contributed by atoms with Gasteiger partial charge in [0, 0.05) is 12.3 Å². The van der Waals surface area contributed by atoms with Crippen LogP contribution in [0.5, 0.6) is 0 Å². The summed E-state index contributed by atoms with van der Waals surface area (Å²) in [5.41, 5.74) is 0. The lowest BCUT2D eigenvalue weighted by atomic mass is 10.1. The van der Waals surface area contributed by atoms with E-state index in [9.17, 15) is 0 Å². The summed E-state index contributed by atoms with van der Waals surface area (Å²) in [5.74, 6) is -1.28. The van der Waals surface area contributed by atoms with E-state index in [4.69, 9.17) is 10.2 Å². The zero-order chi connectivity index (χ0) is 8.20. The molecule has 1 aliphatic rings. The third kappa shape index (κ3) is 2.27. The van der Waals surface area contributed by atoms with Crippen molar-refractivity contribution >= 4 is 0 Å². The minimum Gasteiger partial charge on any atom is -0.365 e. The van der Waals surface area contributed by atoms with Crippen LogP contribution in [0.2, 0.25) is 0 Å². The lowest BCUT2D eigenvalue weighted by Gasteiger charge is -2.19. The molecule has 0 aliphatic heterocycles. The van der Waals surface area contributed by atoms with Gasteiger partial charge in [-0.15, -0.1) is 0 Å². The normalized spacial score (nSPS) is 29.1. The molecule has 2 nitrogen and oxygen atoms in total. The summed E-state index contributed by atoms with van der Waals surface area (Å²) in [7, 11) is 0. The van der Waals surface area contributed by atoms with Crippen molar-refractivity contribution in [3.05, 3.63) is 0 Å². The van der Waals surface area contributed by atoms with E-state index in [1.54, 1.807) is 0 Å². The summed E-state index contributed by atoms with van der Waals surface area (Å²) < 4.78 is 0. The zero-order valence-corrected chi connectivity index (χ0v) is 7.09. The number of aliphatic hydroxyl groups is 2. The topological polar surface area (TPSA) is 40.5 Å². The Labute approximate surface area is 62.9 Å². The molecule has 0 spiro atoms. The van der Waals surface area contributed by atoms with E-state index in [1.807, 2.05) is 20.8 Å². The van der Waals surface area contributed by atoms with Crippen molar-refractivity contribution in [2.24, 2.45) is 5.92 Å². The lowest BCUT2D eigenvalue weighted by molar-refractivity contribution is -0.180. The predicted molar refractivity (Wildman–Crippen MR) is 41.5 cm³/mol. The van der Waals surface area contributed by atoms with Crippen molar-refractivity contribution in [1.29, 1.82) is 0 Å². The standard InChI is InChI=1S/C6H12O2.C2H6/c1-5-3-2-4-6(5,7)8;1-2/h5,7-8H,2-4H2,1H3;1-2H3. The highest BCUT2D eigenvalue weighted by Crippen LogP contribution is 2.32. The summed E-state index contributed by atoms with van der Waals surface area (Å²) in [6, 6.07) is 0. The molecule has 0 aromatic carbocycles. The zero-order valence-electron chi connectivity index (χ0n) is 7.09. The second-order valence-electron chi connectivity index (χ2n) is 2.67. The van der Waals surface area contributed by atoms with Crippen LogP contribution in [0.15, 0.2) is 0 Å². The molecule has 1 unspecified atom stereocenters. The van der Waals surface area contributed by atoms with Crippen molar-refractivity contribution in [2.75, 3.05) is 0 Å². The van der Waals surface area contributed by atoms with Gasteiger partial charge >= 0.3 is 0 Å². The molecule has 0 aromatic heterocycles. The van der Waals surface area contributed by atoms with Gasteiger partial charge in [0.25, 0.3) is 0 Å². The molecular weight excluding hydrogens is 128 g/mol. The van der Waals surface area contributed by atoms with Gasteiger partial charge in [0.2, 0.25) is 0 Å². The first-order valence-corrected chi connectivity index (χ1v) is 4.08. The number of rotatable bonds is 0. The molecule has 10 heavy (non-hydrogen) atoms. The van der Waals surface area contributed by atoms with E-state index in [0.29, 0.717) is 6.42 Å². The Bertz CT molecular complexity index is 89.3. The molecule has 0 aromatic rings. The van der Waals surface area contributed by atoms with Gasteiger partial charge in [0.15, 0.2) is 5.79 Å². The van der Waals surface area contributed by atoms with Crippen LogP contribution in [-0.4, -0.2) is 16.0 Å². The van der Waals surface area contributed by atoms with E-state index < -0.39 is 5.79 Å². The van der Waals surface area contributed by atoms with E-state index >= 15 is 0 Å². The first kappa shape index (κ1) is 9.92. The summed E-state index contributed by atoms with van der Waals surface area (Å²) in [6.07, 6.45) is 2.45. The van der Waals surface area contributed by atoms with E-state index in [1.165, 1.54) is 0 Å². The van der Waals surface area contributed by atoms with Gasteiger partial charge in [-0.3, -0.25) is 0 Å². The van der Waals surface area contributed by atoms with E-state index in [2.05, 4.69) is 0 Å². The van der Waals surface area contributed by atoms with Crippen LogP contribution >= 0.6 is 0 Å². The van der Waals surface area contributed by atoms with Crippen LogP contribution in [0.4, 0.5) is 0 Å². The minimum atomic E-state index is -1.35. The second-order valence-corrected chi connectivity index (χ2v) is 2.67. The molecule has 62 valence electrons. The first-order chi connectivity index (χ1) is 4.63. The molecule has 1 atom stereocenters. The van der Waals surface area contributed by atoms with Crippen molar-refractivity contribution in [3.63, 3.8) is 0 Å². The number of hydrogen-bond acceptors (Lipinski definition) is 2. The van der Waals surface area contributed by atoms with Gasteiger partial charge in [-0.25, -0.2) is 0 Å². The van der Waals surface area contributed by atoms with Crippen molar-refractivity contribution < 1.29 is 10.2 Å². The highest BCUT2D eigenvalue weighted by atomic mass is 16.5. The molecule has 0 saturated heterocycles. The maximum Gasteiger partial charge on any atom is 0.165 e. The Hall–Kier alpha value is -0.0800. The maximum absolute atomic E-state index is 9.02. The van der Waals surface area contributed by atoms with Gasteiger partial charge in [-0.1, -0.05) is 20.8 Å². The van der Waals surface area contributed by atoms with Crippen LogP contribution in [-0.2, 0) is 0 Å². The quantitative estimate of drug-likeness (QED) is 0.509. The van der Waals surface area contributed by atoms with Crippen LogP contribution < -0.4 is 0 Å². The van der Waals surface area contributed by atoms with Crippen LogP contribution in [0.25, 0.3) is 0 Å². The van der Waals surface area contributed by atoms with Crippen molar-refractivity contribution in [3.8, 4) is 0 Å². The van der Waals surface area contributed by atoms with Crippen LogP contribution in [0, 0.1) is 5.92 Å². The van der Waals surface area contributed by atoms with Gasteiger partial charge in [0.05, 0.1) is 0 Å². The summed E-state index contributed by atoms with van der Waals surface area (Å²) in [6.45, 7) is 5.87. The summed E-state index contributed by atoms with van der Waals surface area (Å²) in [4.78, 5) is 0. The molecule has 1 saturated carbocycles. The SMILES string of the molecule is CC.CC1CCCC1(O)O. The third-order valence-electron chi connectivity index (χ3n) is 1.97.